The van der Waals surface area contributed by atoms with Crippen molar-refractivity contribution in [3.63, 3.8) is 0 Å². The van der Waals surface area contributed by atoms with E-state index in [0.29, 0.717) is 0 Å². The summed E-state index contributed by atoms with van der Waals surface area (Å²) in [4.78, 5) is 0. The smallest absolute Gasteiger partial charge is 0.0801 e. The largest absolute Gasteiger partial charge is 0.388 e. The van der Waals surface area contributed by atoms with E-state index in [2.05, 4.69) is 6.07 Å². The van der Waals surface area contributed by atoms with Crippen molar-refractivity contribution in [1.29, 1.82) is 0 Å². The second-order valence-electron chi connectivity index (χ2n) is 3.67. The van der Waals surface area contributed by atoms with Gasteiger partial charge in [0.25, 0.3) is 0 Å². The lowest BCUT2D eigenvalue weighted by atomic mass is 9.99. The Morgan fingerprint density at radius 2 is 2.29 bits per heavy atom. The highest BCUT2D eigenvalue weighted by atomic mass is 35.5. The first-order chi connectivity index (χ1) is 6.68. The molecule has 1 aromatic rings. The van der Waals surface area contributed by atoms with Crippen LogP contribution < -0.4 is 0 Å². The van der Waals surface area contributed by atoms with Crippen LogP contribution in [0.5, 0.6) is 0 Å². The van der Waals surface area contributed by atoms with Gasteiger partial charge in [-0.05, 0) is 41.9 Å². The van der Waals surface area contributed by atoms with Crippen LogP contribution in [0.3, 0.4) is 0 Å². The molecule has 2 rings (SSSR count). The van der Waals surface area contributed by atoms with Gasteiger partial charge in [-0.2, -0.15) is 11.8 Å². The zero-order chi connectivity index (χ0) is 10.1. The first kappa shape index (κ1) is 10.3. The van der Waals surface area contributed by atoms with Crippen LogP contribution in [0.1, 0.15) is 29.2 Å². The second kappa shape index (κ2) is 4.13. The molecule has 1 aliphatic rings. The van der Waals surface area contributed by atoms with E-state index in [1.165, 1.54) is 0 Å². The van der Waals surface area contributed by atoms with Crippen LogP contribution in [0.4, 0.5) is 0 Å². The van der Waals surface area contributed by atoms with E-state index in [1.54, 1.807) is 0 Å². The number of aryl methyl sites for hydroxylation is 1. The summed E-state index contributed by atoms with van der Waals surface area (Å²) in [6, 6.07) is 4.02. The topological polar surface area (TPSA) is 20.2 Å². The van der Waals surface area contributed by atoms with E-state index in [0.717, 1.165) is 39.6 Å². The van der Waals surface area contributed by atoms with Crippen molar-refractivity contribution in [2.75, 3.05) is 5.75 Å². The molecule has 76 valence electrons. The van der Waals surface area contributed by atoms with Gasteiger partial charge in [0.2, 0.25) is 0 Å². The fraction of sp³-hybridized carbons (Fsp3) is 0.455. The maximum Gasteiger partial charge on any atom is 0.0801 e. The molecule has 1 heterocycles. The van der Waals surface area contributed by atoms with Gasteiger partial charge in [0.1, 0.15) is 0 Å². The number of halogens is 1. The van der Waals surface area contributed by atoms with E-state index in [9.17, 15) is 5.11 Å². The van der Waals surface area contributed by atoms with E-state index >= 15 is 0 Å². The van der Waals surface area contributed by atoms with Gasteiger partial charge in [-0.15, -0.1) is 0 Å². The molecule has 0 amide bonds. The average Bonchev–Trinajstić information content (AvgIpc) is 2.29. The van der Waals surface area contributed by atoms with Gasteiger partial charge < -0.3 is 5.11 Å². The number of rotatable bonds is 0. The number of thioether (sulfide) groups is 1. The summed E-state index contributed by atoms with van der Waals surface area (Å²) in [7, 11) is 0. The molecule has 3 heteroatoms. The Kier molecular flexibility index (Phi) is 3.05. The van der Waals surface area contributed by atoms with Gasteiger partial charge in [-0.3, -0.25) is 0 Å². The van der Waals surface area contributed by atoms with Gasteiger partial charge >= 0.3 is 0 Å². The van der Waals surface area contributed by atoms with E-state index in [4.69, 9.17) is 11.6 Å². The molecule has 1 aliphatic heterocycles. The fourth-order valence-electron chi connectivity index (χ4n) is 1.77. The Hall–Kier alpha value is -0.180. The Morgan fingerprint density at radius 3 is 3.07 bits per heavy atom. The average molecular weight is 229 g/mol. The third kappa shape index (κ3) is 1.92. The SMILES string of the molecule is Cc1cc(Cl)c2c(c1)C(O)CCSC2. The minimum Gasteiger partial charge on any atom is -0.388 e. The van der Waals surface area contributed by atoms with Crippen molar-refractivity contribution in [2.45, 2.75) is 25.2 Å². The highest BCUT2D eigenvalue weighted by molar-refractivity contribution is 7.98. The number of hydrogen-bond donors (Lipinski definition) is 1. The van der Waals surface area contributed by atoms with Crippen LogP contribution in [-0.4, -0.2) is 10.9 Å². The van der Waals surface area contributed by atoms with Gasteiger partial charge in [-0.25, -0.2) is 0 Å². The van der Waals surface area contributed by atoms with Crippen LogP contribution in [-0.2, 0) is 5.75 Å². The normalized spacial score (nSPS) is 21.5. The summed E-state index contributed by atoms with van der Waals surface area (Å²) >= 11 is 8.00. The number of fused-ring (bicyclic) bond motifs is 1. The first-order valence-electron chi connectivity index (χ1n) is 4.73. The molecule has 0 radical (unpaired) electrons. The predicted molar refractivity (Wildman–Crippen MR) is 61.9 cm³/mol. The van der Waals surface area contributed by atoms with E-state index in [-0.39, 0.29) is 6.10 Å². The molecule has 14 heavy (non-hydrogen) atoms. The molecule has 1 unspecified atom stereocenters. The summed E-state index contributed by atoms with van der Waals surface area (Å²) in [5.74, 6) is 1.93. The molecule has 1 aromatic carbocycles. The van der Waals surface area contributed by atoms with Crippen LogP contribution in [0.2, 0.25) is 5.02 Å². The van der Waals surface area contributed by atoms with Crippen molar-refractivity contribution in [2.24, 2.45) is 0 Å². The molecule has 1 N–H and O–H groups in total. The Labute approximate surface area is 93.5 Å². The highest BCUT2D eigenvalue weighted by Crippen LogP contribution is 2.35. The Balaban J connectivity index is 2.53. The summed E-state index contributed by atoms with van der Waals surface area (Å²) in [6.07, 6.45) is 0.495. The van der Waals surface area contributed by atoms with Gasteiger partial charge in [-0.1, -0.05) is 17.7 Å². The predicted octanol–water partition coefficient (Wildman–Crippen LogP) is 3.32. The third-order valence-corrected chi connectivity index (χ3v) is 3.87. The van der Waals surface area contributed by atoms with Crippen molar-refractivity contribution < 1.29 is 5.11 Å². The zero-order valence-corrected chi connectivity index (χ0v) is 9.66. The number of aliphatic hydroxyl groups excluding tert-OH is 1. The lowest BCUT2D eigenvalue weighted by Crippen LogP contribution is -2.00. The molecule has 0 spiro atoms. The molecule has 1 atom stereocenters. The lowest BCUT2D eigenvalue weighted by molar-refractivity contribution is 0.175. The summed E-state index contributed by atoms with van der Waals surface area (Å²) in [5.41, 5.74) is 3.27. The molecular formula is C11H13ClOS. The monoisotopic (exact) mass is 228 g/mol. The summed E-state index contributed by atoms with van der Waals surface area (Å²) in [5, 5.41) is 10.7. The van der Waals surface area contributed by atoms with E-state index < -0.39 is 0 Å². The number of benzene rings is 1. The molecule has 0 saturated carbocycles. The third-order valence-electron chi connectivity index (χ3n) is 2.52. The molecular weight excluding hydrogens is 216 g/mol. The molecule has 1 nitrogen and oxygen atoms in total. The molecule has 0 fully saturated rings. The van der Waals surface area contributed by atoms with Crippen molar-refractivity contribution in [3.05, 3.63) is 33.8 Å². The van der Waals surface area contributed by atoms with Crippen LogP contribution in [0, 0.1) is 6.92 Å². The van der Waals surface area contributed by atoms with E-state index in [1.807, 2.05) is 24.8 Å². The quantitative estimate of drug-likeness (QED) is 0.735. The summed E-state index contributed by atoms with van der Waals surface area (Å²) in [6.45, 7) is 2.01. The zero-order valence-electron chi connectivity index (χ0n) is 8.09. The standard InChI is InChI=1S/C11H13ClOS/c1-7-4-8-9(10(12)5-7)6-14-3-2-11(8)13/h4-5,11,13H,2-3,6H2,1H3. The minimum atomic E-state index is -0.336. The maximum atomic E-state index is 9.92. The van der Waals surface area contributed by atoms with Gasteiger partial charge in [0.05, 0.1) is 6.10 Å². The van der Waals surface area contributed by atoms with Crippen molar-refractivity contribution in [1.82, 2.24) is 0 Å². The van der Waals surface area contributed by atoms with Crippen LogP contribution >= 0.6 is 23.4 Å². The summed E-state index contributed by atoms with van der Waals surface area (Å²) < 4.78 is 0. The second-order valence-corrected chi connectivity index (χ2v) is 5.18. The van der Waals surface area contributed by atoms with Crippen LogP contribution in [0.15, 0.2) is 12.1 Å². The minimum absolute atomic E-state index is 0.336. The van der Waals surface area contributed by atoms with Crippen molar-refractivity contribution >= 4 is 23.4 Å². The first-order valence-corrected chi connectivity index (χ1v) is 6.26. The Morgan fingerprint density at radius 1 is 1.50 bits per heavy atom. The maximum absolute atomic E-state index is 9.92. The number of hydrogen-bond acceptors (Lipinski definition) is 2. The van der Waals surface area contributed by atoms with Gasteiger partial charge in [0, 0.05) is 10.8 Å². The van der Waals surface area contributed by atoms with Gasteiger partial charge in [0.15, 0.2) is 0 Å². The Bertz CT molecular complexity index is 351. The number of aliphatic hydroxyl groups is 1. The van der Waals surface area contributed by atoms with Crippen LogP contribution in [0.25, 0.3) is 0 Å². The highest BCUT2D eigenvalue weighted by Gasteiger charge is 2.18. The fourth-order valence-corrected chi connectivity index (χ4v) is 3.26. The molecule has 0 bridgehead atoms. The lowest BCUT2D eigenvalue weighted by Gasteiger charge is -2.13. The molecule has 0 saturated heterocycles. The van der Waals surface area contributed by atoms with Crippen molar-refractivity contribution in [3.8, 4) is 0 Å². The molecule has 0 aromatic heterocycles. The molecule has 0 aliphatic carbocycles.